The zero-order valence-corrected chi connectivity index (χ0v) is 12.4. The molecule has 19 heavy (non-hydrogen) atoms. The van der Waals surface area contributed by atoms with E-state index in [0.29, 0.717) is 19.5 Å². The molecule has 5 nitrogen and oxygen atoms in total. The number of aliphatic hydroxyl groups excluding tert-OH is 1. The maximum absolute atomic E-state index is 12.2. The molecule has 1 aliphatic rings. The monoisotopic (exact) mass is 304 g/mol. The van der Waals surface area contributed by atoms with E-state index in [9.17, 15) is 13.5 Å². The van der Waals surface area contributed by atoms with E-state index < -0.39 is 10.2 Å². The van der Waals surface area contributed by atoms with Crippen LogP contribution < -0.4 is 4.72 Å². The summed E-state index contributed by atoms with van der Waals surface area (Å²) < 4.78 is 28.4. The van der Waals surface area contributed by atoms with Crippen molar-refractivity contribution in [2.75, 3.05) is 19.7 Å². The third kappa shape index (κ3) is 4.00. The van der Waals surface area contributed by atoms with Gasteiger partial charge in [-0.15, -0.1) is 11.3 Å². The van der Waals surface area contributed by atoms with Crippen molar-refractivity contribution in [2.45, 2.75) is 31.7 Å². The molecule has 0 saturated carbocycles. The SMILES string of the molecule is O=S(=O)(NCCc1cccs1)N1CCCCC1CO. The third-order valence-electron chi connectivity index (χ3n) is 3.33. The highest BCUT2D eigenvalue weighted by atomic mass is 32.2. The molecule has 1 atom stereocenters. The number of thiophene rings is 1. The van der Waals surface area contributed by atoms with Gasteiger partial charge in [-0.3, -0.25) is 0 Å². The second-order valence-electron chi connectivity index (χ2n) is 4.67. The molecular formula is C12H20N2O3S2. The third-order valence-corrected chi connectivity index (χ3v) is 5.93. The zero-order valence-electron chi connectivity index (χ0n) is 10.8. The Bertz CT molecular complexity index is 473. The molecule has 1 unspecified atom stereocenters. The van der Waals surface area contributed by atoms with Gasteiger partial charge in [-0.2, -0.15) is 12.7 Å². The van der Waals surface area contributed by atoms with Crippen molar-refractivity contribution in [1.82, 2.24) is 9.03 Å². The van der Waals surface area contributed by atoms with Crippen LogP contribution in [-0.4, -0.2) is 43.6 Å². The molecule has 0 aromatic carbocycles. The summed E-state index contributed by atoms with van der Waals surface area (Å²) in [4.78, 5) is 1.17. The summed E-state index contributed by atoms with van der Waals surface area (Å²) in [5, 5.41) is 11.3. The van der Waals surface area contributed by atoms with Gasteiger partial charge in [0.05, 0.1) is 6.61 Å². The van der Waals surface area contributed by atoms with Crippen molar-refractivity contribution >= 4 is 21.5 Å². The van der Waals surface area contributed by atoms with Gasteiger partial charge in [0.25, 0.3) is 10.2 Å². The lowest BCUT2D eigenvalue weighted by Gasteiger charge is -2.33. The summed E-state index contributed by atoms with van der Waals surface area (Å²) in [6.45, 7) is 0.795. The van der Waals surface area contributed by atoms with Crippen LogP contribution >= 0.6 is 11.3 Å². The van der Waals surface area contributed by atoms with Crippen molar-refractivity contribution < 1.29 is 13.5 Å². The fourth-order valence-electron chi connectivity index (χ4n) is 2.31. The van der Waals surface area contributed by atoms with Crippen LogP contribution in [0.3, 0.4) is 0 Å². The normalized spacial score (nSPS) is 21.6. The number of rotatable bonds is 6. The molecule has 0 bridgehead atoms. The van der Waals surface area contributed by atoms with E-state index in [2.05, 4.69) is 4.72 Å². The molecule has 0 radical (unpaired) electrons. The average molecular weight is 304 g/mol. The van der Waals surface area contributed by atoms with Crippen molar-refractivity contribution in [3.05, 3.63) is 22.4 Å². The predicted octanol–water partition coefficient (Wildman–Crippen LogP) is 0.972. The van der Waals surface area contributed by atoms with E-state index in [1.54, 1.807) is 11.3 Å². The van der Waals surface area contributed by atoms with E-state index in [4.69, 9.17) is 0 Å². The van der Waals surface area contributed by atoms with Crippen molar-refractivity contribution in [2.24, 2.45) is 0 Å². The lowest BCUT2D eigenvalue weighted by molar-refractivity contribution is 0.154. The van der Waals surface area contributed by atoms with Crippen LogP contribution in [0.4, 0.5) is 0 Å². The molecule has 1 aliphatic heterocycles. The van der Waals surface area contributed by atoms with Crippen LogP contribution in [0.1, 0.15) is 24.1 Å². The number of hydrogen-bond acceptors (Lipinski definition) is 4. The van der Waals surface area contributed by atoms with Crippen LogP contribution in [0.25, 0.3) is 0 Å². The number of nitrogens with zero attached hydrogens (tertiary/aromatic N) is 1. The molecule has 0 spiro atoms. The predicted molar refractivity (Wildman–Crippen MR) is 76.4 cm³/mol. The molecular weight excluding hydrogens is 284 g/mol. The van der Waals surface area contributed by atoms with Gasteiger partial charge >= 0.3 is 0 Å². The maximum atomic E-state index is 12.2. The van der Waals surface area contributed by atoms with Crippen molar-refractivity contribution in [3.8, 4) is 0 Å². The van der Waals surface area contributed by atoms with Gasteiger partial charge < -0.3 is 5.11 Å². The topological polar surface area (TPSA) is 69.6 Å². The second-order valence-corrected chi connectivity index (χ2v) is 7.41. The van der Waals surface area contributed by atoms with Crippen LogP contribution in [-0.2, 0) is 16.6 Å². The largest absolute Gasteiger partial charge is 0.395 e. The number of aliphatic hydroxyl groups is 1. The fraction of sp³-hybridized carbons (Fsp3) is 0.667. The Kier molecular flexibility index (Phi) is 5.35. The molecule has 1 aromatic rings. The first kappa shape index (κ1) is 14.9. The first-order valence-corrected chi connectivity index (χ1v) is 8.85. The Balaban J connectivity index is 1.89. The number of hydrogen-bond donors (Lipinski definition) is 2. The smallest absolute Gasteiger partial charge is 0.279 e. The van der Waals surface area contributed by atoms with Gasteiger partial charge in [-0.1, -0.05) is 12.5 Å². The Labute approximate surface area is 118 Å². The van der Waals surface area contributed by atoms with Crippen LogP contribution in [0.2, 0.25) is 0 Å². The standard InChI is InChI=1S/C12H20N2O3S2/c15-10-11-4-1-2-8-14(11)19(16,17)13-7-6-12-5-3-9-18-12/h3,5,9,11,13,15H,1-2,4,6-8,10H2. The molecule has 1 aromatic heterocycles. The van der Waals surface area contributed by atoms with Gasteiger partial charge in [0.2, 0.25) is 0 Å². The van der Waals surface area contributed by atoms with Crippen molar-refractivity contribution in [1.29, 1.82) is 0 Å². The highest BCUT2D eigenvalue weighted by Gasteiger charge is 2.31. The minimum atomic E-state index is -3.47. The molecule has 1 fully saturated rings. The highest BCUT2D eigenvalue weighted by molar-refractivity contribution is 7.87. The second kappa shape index (κ2) is 6.81. The summed E-state index contributed by atoms with van der Waals surface area (Å²) in [5.41, 5.74) is 0. The summed E-state index contributed by atoms with van der Waals surface area (Å²) in [6, 6.07) is 3.69. The first-order chi connectivity index (χ1) is 9.13. The van der Waals surface area contributed by atoms with Gasteiger partial charge in [-0.25, -0.2) is 4.72 Å². The Morgan fingerprint density at radius 3 is 3.00 bits per heavy atom. The van der Waals surface area contributed by atoms with Crippen LogP contribution in [0.15, 0.2) is 17.5 Å². The molecule has 0 aliphatic carbocycles. The summed E-state index contributed by atoms with van der Waals surface area (Å²) in [7, 11) is -3.47. The zero-order chi connectivity index (χ0) is 13.7. The lowest BCUT2D eigenvalue weighted by atomic mass is 10.1. The van der Waals surface area contributed by atoms with E-state index in [1.165, 1.54) is 9.18 Å². The highest BCUT2D eigenvalue weighted by Crippen LogP contribution is 2.19. The quantitative estimate of drug-likeness (QED) is 0.823. The van der Waals surface area contributed by atoms with Crippen LogP contribution in [0.5, 0.6) is 0 Å². The first-order valence-electron chi connectivity index (χ1n) is 6.53. The van der Waals surface area contributed by atoms with E-state index in [0.717, 1.165) is 19.3 Å². The maximum Gasteiger partial charge on any atom is 0.279 e. The number of nitrogens with one attached hydrogen (secondary N) is 1. The summed E-state index contributed by atoms with van der Waals surface area (Å²) >= 11 is 1.63. The molecule has 2 N–H and O–H groups in total. The molecule has 108 valence electrons. The minimum absolute atomic E-state index is 0.105. The van der Waals surface area contributed by atoms with Gasteiger partial charge in [0.15, 0.2) is 0 Å². The van der Waals surface area contributed by atoms with Gasteiger partial charge in [-0.05, 0) is 30.7 Å². The van der Waals surface area contributed by atoms with E-state index in [-0.39, 0.29) is 12.6 Å². The van der Waals surface area contributed by atoms with Crippen molar-refractivity contribution in [3.63, 3.8) is 0 Å². The molecule has 0 amide bonds. The Morgan fingerprint density at radius 1 is 1.47 bits per heavy atom. The minimum Gasteiger partial charge on any atom is -0.395 e. The Morgan fingerprint density at radius 2 is 2.32 bits per heavy atom. The Hall–Kier alpha value is -0.470. The fourth-order valence-corrected chi connectivity index (χ4v) is 4.48. The van der Waals surface area contributed by atoms with Gasteiger partial charge in [0, 0.05) is 24.0 Å². The number of piperidine rings is 1. The molecule has 7 heteroatoms. The van der Waals surface area contributed by atoms with Gasteiger partial charge in [0.1, 0.15) is 0 Å². The summed E-state index contributed by atoms with van der Waals surface area (Å²) in [5.74, 6) is 0. The molecule has 1 saturated heterocycles. The molecule has 2 heterocycles. The summed E-state index contributed by atoms with van der Waals surface area (Å²) in [6.07, 6.45) is 3.28. The average Bonchev–Trinajstić information content (AvgIpc) is 2.91. The van der Waals surface area contributed by atoms with Crippen LogP contribution in [0, 0.1) is 0 Å². The van der Waals surface area contributed by atoms with E-state index in [1.807, 2.05) is 17.5 Å². The lowest BCUT2D eigenvalue weighted by Crippen LogP contribution is -2.50. The van der Waals surface area contributed by atoms with E-state index >= 15 is 0 Å². The molecule has 2 rings (SSSR count).